The monoisotopic (exact) mass is 291 g/mol. The van der Waals surface area contributed by atoms with Gasteiger partial charge in [-0.2, -0.15) is 0 Å². The van der Waals surface area contributed by atoms with Gasteiger partial charge < -0.3 is 9.15 Å². The second-order valence-electron chi connectivity index (χ2n) is 4.93. The molecule has 0 N–H and O–H groups in total. The summed E-state index contributed by atoms with van der Waals surface area (Å²) in [7, 11) is 1.66. The molecule has 3 aromatic rings. The minimum Gasteiger partial charge on any atom is -0.494 e. The third-order valence-electron chi connectivity index (χ3n) is 3.43. The van der Waals surface area contributed by atoms with Crippen LogP contribution >= 0.6 is 0 Å². The molecule has 0 saturated heterocycles. The number of aryl methyl sites for hydroxylation is 1. The topological polar surface area (TPSA) is 34.7 Å². The van der Waals surface area contributed by atoms with Gasteiger partial charge in [0, 0.05) is 5.56 Å². The Morgan fingerprint density at radius 3 is 2.45 bits per heavy atom. The molecule has 2 aromatic carbocycles. The second kappa shape index (κ2) is 6.31. The number of benzene rings is 2. The van der Waals surface area contributed by atoms with Crippen LogP contribution in [0.1, 0.15) is 16.9 Å². The predicted molar refractivity (Wildman–Crippen MR) is 88.2 cm³/mol. The molecule has 0 aliphatic rings. The molecule has 110 valence electrons. The molecule has 0 amide bonds. The first-order valence-corrected chi connectivity index (χ1v) is 7.11. The van der Waals surface area contributed by atoms with Crippen molar-refractivity contribution in [1.82, 2.24) is 0 Å². The molecule has 3 rings (SSSR count). The van der Waals surface area contributed by atoms with Crippen molar-refractivity contribution in [2.45, 2.75) is 6.92 Å². The highest BCUT2D eigenvalue weighted by Crippen LogP contribution is 2.32. The van der Waals surface area contributed by atoms with E-state index in [4.69, 9.17) is 14.1 Å². The fourth-order valence-corrected chi connectivity index (χ4v) is 2.38. The molecular weight excluding hydrogens is 274 g/mol. The lowest BCUT2D eigenvalue weighted by Crippen LogP contribution is -2.01. The van der Waals surface area contributed by atoms with Gasteiger partial charge in [0.2, 0.25) is 0 Å². The summed E-state index contributed by atoms with van der Waals surface area (Å²) in [6.45, 7) is 2.01. The SMILES string of the molecule is COc1c(C)cccc1N=C(c1ccccc1)c1ccco1. The van der Waals surface area contributed by atoms with E-state index in [2.05, 4.69) is 0 Å². The molecular formula is C19H17NO2. The van der Waals surface area contributed by atoms with Crippen molar-refractivity contribution in [1.29, 1.82) is 0 Å². The summed E-state index contributed by atoms with van der Waals surface area (Å²) < 4.78 is 11.0. The summed E-state index contributed by atoms with van der Waals surface area (Å²) in [4.78, 5) is 4.80. The van der Waals surface area contributed by atoms with E-state index < -0.39 is 0 Å². The number of para-hydroxylation sites is 1. The Hall–Kier alpha value is -2.81. The van der Waals surface area contributed by atoms with Crippen molar-refractivity contribution in [2.75, 3.05) is 7.11 Å². The first-order valence-electron chi connectivity index (χ1n) is 7.11. The molecule has 3 nitrogen and oxygen atoms in total. The largest absolute Gasteiger partial charge is 0.494 e. The lowest BCUT2D eigenvalue weighted by Gasteiger charge is -2.10. The molecule has 1 aromatic heterocycles. The minimum absolute atomic E-state index is 0.731. The fourth-order valence-electron chi connectivity index (χ4n) is 2.38. The van der Waals surface area contributed by atoms with E-state index in [0.29, 0.717) is 0 Å². The zero-order chi connectivity index (χ0) is 15.4. The molecule has 0 radical (unpaired) electrons. The molecule has 0 atom stereocenters. The van der Waals surface area contributed by atoms with E-state index in [1.54, 1.807) is 13.4 Å². The third kappa shape index (κ3) is 2.79. The van der Waals surface area contributed by atoms with Gasteiger partial charge >= 0.3 is 0 Å². The quantitative estimate of drug-likeness (QED) is 0.649. The van der Waals surface area contributed by atoms with Crippen LogP contribution in [0.5, 0.6) is 5.75 Å². The number of rotatable bonds is 4. The Balaban J connectivity index is 2.17. The summed E-state index contributed by atoms with van der Waals surface area (Å²) in [5.41, 5.74) is 3.63. The summed E-state index contributed by atoms with van der Waals surface area (Å²) >= 11 is 0. The maximum absolute atomic E-state index is 5.55. The van der Waals surface area contributed by atoms with E-state index >= 15 is 0 Å². The zero-order valence-electron chi connectivity index (χ0n) is 12.6. The van der Waals surface area contributed by atoms with E-state index in [0.717, 1.165) is 34.0 Å². The maximum atomic E-state index is 5.55. The highest BCUT2D eigenvalue weighted by Gasteiger charge is 2.12. The summed E-state index contributed by atoms with van der Waals surface area (Å²) in [6.07, 6.45) is 1.65. The first kappa shape index (κ1) is 14.1. The van der Waals surface area contributed by atoms with Gasteiger partial charge in [-0.25, -0.2) is 4.99 Å². The van der Waals surface area contributed by atoms with Crippen LogP contribution in [0.25, 0.3) is 0 Å². The lowest BCUT2D eigenvalue weighted by molar-refractivity contribution is 0.413. The smallest absolute Gasteiger partial charge is 0.152 e. The van der Waals surface area contributed by atoms with Crippen molar-refractivity contribution in [2.24, 2.45) is 4.99 Å². The van der Waals surface area contributed by atoms with Gasteiger partial charge in [0.1, 0.15) is 17.1 Å². The van der Waals surface area contributed by atoms with Gasteiger partial charge in [-0.05, 0) is 30.7 Å². The number of hydrogen-bond acceptors (Lipinski definition) is 3. The average Bonchev–Trinajstić information content (AvgIpc) is 3.07. The van der Waals surface area contributed by atoms with Crippen LogP contribution < -0.4 is 4.74 Å². The average molecular weight is 291 g/mol. The van der Waals surface area contributed by atoms with Crippen molar-refractivity contribution >= 4 is 11.4 Å². The first-order chi connectivity index (χ1) is 10.8. The van der Waals surface area contributed by atoms with Crippen LogP contribution in [0.2, 0.25) is 0 Å². The fraction of sp³-hybridized carbons (Fsp3) is 0.105. The van der Waals surface area contributed by atoms with E-state index in [1.165, 1.54) is 0 Å². The summed E-state index contributed by atoms with van der Waals surface area (Å²) in [5.74, 6) is 1.51. The molecule has 0 spiro atoms. The normalized spacial score (nSPS) is 11.5. The van der Waals surface area contributed by atoms with Crippen molar-refractivity contribution in [3.8, 4) is 5.75 Å². The molecule has 3 heteroatoms. The number of methoxy groups -OCH3 is 1. The van der Waals surface area contributed by atoms with Crippen LogP contribution in [0.3, 0.4) is 0 Å². The van der Waals surface area contributed by atoms with Crippen molar-refractivity contribution in [3.63, 3.8) is 0 Å². The standard InChI is InChI=1S/C19H17NO2/c1-14-8-6-11-16(19(14)21-2)20-18(17-12-7-13-22-17)15-9-4-3-5-10-15/h3-13H,1-2H3. The molecule has 1 heterocycles. The molecule has 0 saturated carbocycles. The van der Waals surface area contributed by atoms with E-state index in [-0.39, 0.29) is 0 Å². The van der Waals surface area contributed by atoms with Crippen LogP contribution in [0.4, 0.5) is 5.69 Å². The van der Waals surface area contributed by atoms with Gasteiger partial charge in [-0.15, -0.1) is 0 Å². The lowest BCUT2D eigenvalue weighted by atomic mass is 10.1. The van der Waals surface area contributed by atoms with Gasteiger partial charge in [0.15, 0.2) is 5.76 Å². The molecule has 0 unspecified atom stereocenters. The van der Waals surface area contributed by atoms with Crippen LogP contribution in [0, 0.1) is 6.92 Å². The van der Waals surface area contributed by atoms with Crippen LogP contribution in [0.15, 0.2) is 76.3 Å². The van der Waals surface area contributed by atoms with Gasteiger partial charge in [-0.3, -0.25) is 0 Å². The Bertz CT molecular complexity index is 774. The highest BCUT2D eigenvalue weighted by atomic mass is 16.5. The summed E-state index contributed by atoms with van der Waals surface area (Å²) in [6, 6.07) is 19.7. The Labute approximate surface area is 129 Å². The molecule has 22 heavy (non-hydrogen) atoms. The number of ether oxygens (including phenoxy) is 1. The molecule has 0 aliphatic carbocycles. The number of nitrogens with zero attached hydrogens (tertiary/aromatic N) is 1. The number of aliphatic imine (C=N–C) groups is 1. The highest BCUT2D eigenvalue weighted by molar-refractivity contribution is 6.12. The molecule has 0 bridgehead atoms. The molecule has 0 fully saturated rings. The third-order valence-corrected chi connectivity index (χ3v) is 3.43. The summed E-state index contributed by atoms with van der Waals surface area (Å²) in [5, 5.41) is 0. The Morgan fingerprint density at radius 2 is 1.77 bits per heavy atom. The van der Waals surface area contributed by atoms with Crippen LogP contribution in [-0.4, -0.2) is 12.8 Å². The molecule has 0 aliphatic heterocycles. The zero-order valence-corrected chi connectivity index (χ0v) is 12.6. The van der Waals surface area contributed by atoms with Gasteiger partial charge in [-0.1, -0.05) is 42.5 Å². The Kier molecular flexibility index (Phi) is 4.05. The van der Waals surface area contributed by atoms with Crippen molar-refractivity contribution < 1.29 is 9.15 Å². The van der Waals surface area contributed by atoms with Gasteiger partial charge in [0.25, 0.3) is 0 Å². The maximum Gasteiger partial charge on any atom is 0.152 e. The minimum atomic E-state index is 0.731. The predicted octanol–water partition coefficient (Wildman–Crippen LogP) is 4.77. The Morgan fingerprint density at radius 1 is 0.955 bits per heavy atom. The van der Waals surface area contributed by atoms with Crippen LogP contribution in [-0.2, 0) is 0 Å². The van der Waals surface area contributed by atoms with Crippen molar-refractivity contribution in [3.05, 3.63) is 83.8 Å². The number of hydrogen-bond donors (Lipinski definition) is 0. The van der Waals surface area contributed by atoms with E-state index in [1.807, 2.05) is 67.6 Å². The van der Waals surface area contributed by atoms with E-state index in [9.17, 15) is 0 Å². The second-order valence-corrected chi connectivity index (χ2v) is 4.93. The number of furan rings is 1. The van der Waals surface area contributed by atoms with Gasteiger partial charge in [0.05, 0.1) is 13.4 Å².